The number of imide groups is 2. The highest BCUT2D eigenvalue weighted by Gasteiger charge is 2.47. The highest BCUT2D eigenvalue weighted by molar-refractivity contribution is 6.33. The number of carbonyl (C=O) groups excluding carboxylic acids is 5. The normalized spacial score (nSPS) is 23.5. The Labute approximate surface area is 387 Å². The van der Waals surface area contributed by atoms with Crippen molar-refractivity contribution in [3.05, 3.63) is 80.7 Å². The molecule has 0 spiro atoms. The number of benzene rings is 2. The van der Waals surface area contributed by atoms with Crippen molar-refractivity contribution >= 4 is 69.5 Å². The lowest BCUT2D eigenvalue weighted by Gasteiger charge is -2.51. The van der Waals surface area contributed by atoms with Crippen LogP contribution in [0, 0.1) is 5.41 Å². The number of likely N-dealkylation sites (tertiary alicyclic amines) is 1. The Morgan fingerprint density at radius 3 is 2.41 bits per heavy atom. The summed E-state index contributed by atoms with van der Waals surface area (Å²) < 4.78 is 13.9. The third kappa shape index (κ3) is 8.75. The number of halogens is 1. The Kier molecular flexibility index (Phi) is 12.4. The van der Waals surface area contributed by atoms with E-state index in [1.165, 1.54) is 7.05 Å². The fraction of sp³-hybridized carbons (Fsp3) is 0.500. The number of piperidine rings is 3. The average Bonchev–Trinajstić information content (AvgIpc) is 3.51. The Morgan fingerprint density at radius 2 is 1.70 bits per heavy atom. The Morgan fingerprint density at radius 1 is 0.939 bits per heavy atom. The first-order valence-corrected chi connectivity index (χ1v) is 23.3. The second-order valence-electron chi connectivity index (χ2n) is 19.1. The fourth-order valence-corrected chi connectivity index (χ4v) is 10.5. The summed E-state index contributed by atoms with van der Waals surface area (Å²) in [7, 11) is 1.51. The van der Waals surface area contributed by atoms with Crippen molar-refractivity contribution in [2.75, 3.05) is 50.1 Å². The molecule has 9 rings (SSSR count). The van der Waals surface area contributed by atoms with Crippen LogP contribution >= 0.6 is 11.6 Å². The molecule has 348 valence electrons. The molecule has 6 heterocycles. The van der Waals surface area contributed by atoms with E-state index in [1.807, 2.05) is 44.2 Å². The molecule has 2 aromatic heterocycles. The van der Waals surface area contributed by atoms with E-state index in [9.17, 15) is 28.8 Å². The molecular formula is C48H56ClN9O8. The third-order valence-electron chi connectivity index (χ3n) is 14.0. The summed E-state index contributed by atoms with van der Waals surface area (Å²) in [6.45, 7) is 11.4. The number of hydrogen-bond acceptors (Lipinski definition) is 13. The van der Waals surface area contributed by atoms with Crippen LogP contribution in [0.2, 0.25) is 5.02 Å². The maximum Gasteiger partial charge on any atom is 0.293 e. The van der Waals surface area contributed by atoms with Crippen molar-refractivity contribution in [2.45, 2.75) is 109 Å². The molecule has 4 aromatic rings. The first-order chi connectivity index (χ1) is 31.6. The SMILES string of the molecule is CNC(=O)COc1cc2cc(Nc3nc(N4CCC(OC5CC(N6CCC(c7ccc8c(c7)C(=O)N([C@@H]7CCC(=O)NC7=O)C8=O)C(C)(C)C6)C5)CC4)ncc3Cl)ccc2n(C(C)C)c1=O. The number of fused-ring (bicyclic) bond motifs is 2. The molecular weight excluding hydrogens is 866 g/mol. The van der Waals surface area contributed by atoms with Gasteiger partial charge in [0.2, 0.25) is 17.8 Å². The van der Waals surface area contributed by atoms with Gasteiger partial charge in [0, 0.05) is 56.3 Å². The van der Waals surface area contributed by atoms with Crippen LogP contribution < -0.4 is 31.1 Å². The average molecular weight is 922 g/mol. The second kappa shape index (κ2) is 18.1. The number of nitrogens with zero attached hydrogens (tertiary/aromatic N) is 6. The molecule has 66 heavy (non-hydrogen) atoms. The molecule has 5 aliphatic rings. The summed E-state index contributed by atoms with van der Waals surface area (Å²) in [4.78, 5) is 91.3. The quantitative estimate of drug-likeness (QED) is 0.155. The van der Waals surface area contributed by atoms with Crippen molar-refractivity contribution < 1.29 is 33.4 Å². The van der Waals surface area contributed by atoms with Crippen LogP contribution in [-0.4, -0.2) is 118 Å². The lowest BCUT2D eigenvalue weighted by molar-refractivity contribution is -0.136. The van der Waals surface area contributed by atoms with Crippen LogP contribution in [-0.2, 0) is 19.1 Å². The molecule has 2 atom stereocenters. The predicted octanol–water partition coefficient (Wildman–Crippen LogP) is 5.33. The summed E-state index contributed by atoms with van der Waals surface area (Å²) in [6.07, 6.45) is 6.74. The molecule has 4 fully saturated rings. The van der Waals surface area contributed by atoms with Crippen molar-refractivity contribution in [1.82, 2.24) is 35.0 Å². The van der Waals surface area contributed by atoms with Gasteiger partial charge in [0.05, 0.1) is 35.0 Å². The van der Waals surface area contributed by atoms with Gasteiger partial charge in [0.1, 0.15) is 11.1 Å². The van der Waals surface area contributed by atoms with E-state index >= 15 is 0 Å². The molecule has 1 saturated carbocycles. The molecule has 18 heteroatoms. The molecule has 3 N–H and O–H groups in total. The first kappa shape index (κ1) is 45.3. The number of likely N-dealkylation sites (N-methyl/N-ethyl adjacent to an activating group) is 1. The minimum Gasteiger partial charge on any atom is -0.478 e. The number of hydrogen-bond donors (Lipinski definition) is 3. The maximum atomic E-state index is 13.5. The number of pyridine rings is 1. The van der Waals surface area contributed by atoms with Crippen LogP contribution in [0.5, 0.6) is 5.75 Å². The number of nitrogens with one attached hydrogen (secondary N) is 3. The third-order valence-corrected chi connectivity index (χ3v) is 14.2. The molecule has 4 aliphatic heterocycles. The number of aromatic nitrogens is 3. The van der Waals surface area contributed by atoms with Crippen LogP contribution in [0.3, 0.4) is 0 Å². The lowest BCUT2D eigenvalue weighted by Crippen LogP contribution is -2.55. The predicted molar refractivity (Wildman–Crippen MR) is 247 cm³/mol. The number of ether oxygens (including phenoxy) is 2. The van der Waals surface area contributed by atoms with E-state index in [1.54, 1.807) is 22.9 Å². The molecule has 1 aliphatic carbocycles. The highest BCUT2D eigenvalue weighted by atomic mass is 35.5. The van der Waals surface area contributed by atoms with Crippen molar-refractivity contribution in [1.29, 1.82) is 0 Å². The Balaban J connectivity index is 0.765. The second-order valence-corrected chi connectivity index (χ2v) is 19.5. The summed E-state index contributed by atoms with van der Waals surface area (Å²) in [5, 5.41) is 9.21. The maximum absolute atomic E-state index is 13.5. The van der Waals surface area contributed by atoms with Crippen molar-refractivity contribution in [3.8, 4) is 5.75 Å². The molecule has 0 radical (unpaired) electrons. The van der Waals surface area contributed by atoms with Gasteiger partial charge in [-0.1, -0.05) is 31.5 Å². The number of anilines is 3. The molecule has 17 nitrogen and oxygen atoms in total. The highest BCUT2D eigenvalue weighted by Crippen LogP contribution is 2.46. The van der Waals surface area contributed by atoms with Gasteiger partial charge < -0.3 is 29.6 Å². The topological polar surface area (TPSA) is 197 Å². The summed E-state index contributed by atoms with van der Waals surface area (Å²) >= 11 is 6.61. The van der Waals surface area contributed by atoms with Crippen molar-refractivity contribution in [2.24, 2.45) is 5.41 Å². The van der Waals surface area contributed by atoms with Crippen LogP contribution in [0.15, 0.2) is 53.5 Å². The van der Waals surface area contributed by atoms with E-state index in [2.05, 4.69) is 44.6 Å². The summed E-state index contributed by atoms with van der Waals surface area (Å²) in [5.41, 5.74) is 2.68. The zero-order valence-corrected chi connectivity index (χ0v) is 38.7. The van der Waals surface area contributed by atoms with Gasteiger partial charge in [-0.3, -0.25) is 43.9 Å². The minimum absolute atomic E-state index is 0.0862. The molecule has 1 unspecified atom stereocenters. The fourth-order valence-electron chi connectivity index (χ4n) is 10.4. The largest absolute Gasteiger partial charge is 0.478 e. The summed E-state index contributed by atoms with van der Waals surface area (Å²) in [6, 6.07) is 12.1. The number of rotatable bonds is 12. The smallest absolute Gasteiger partial charge is 0.293 e. The molecule has 2 aromatic carbocycles. The first-order valence-electron chi connectivity index (χ1n) is 22.9. The van der Waals surface area contributed by atoms with Gasteiger partial charge in [-0.15, -0.1) is 0 Å². The minimum atomic E-state index is -0.982. The standard InChI is InChI=1S/C48H56ClN9O8/c1-26(2)57-37-9-7-29(18-28(37)20-39(46(57)64)65-24-41(60)50-5)52-42-36(49)23-51-47(54-42)55-15-12-31(13-16-55)66-32-21-30(22-32)56-17-14-35(48(3,4)25-56)27-6-8-33-34(19-27)45(63)58(44(33)62)38-10-11-40(59)53-43(38)61/h6-9,18-20,23,26,30-32,35,38H,10-17,21-22,24-25H2,1-5H3,(H,50,60)(H,51,52,54)(H,53,59,61)/t30?,32?,35?,38-/m1/s1. The van der Waals surface area contributed by atoms with E-state index in [0.717, 1.165) is 79.6 Å². The zero-order valence-electron chi connectivity index (χ0n) is 37.9. The van der Waals surface area contributed by atoms with Gasteiger partial charge in [0.15, 0.2) is 18.2 Å². The van der Waals surface area contributed by atoms with Gasteiger partial charge in [-0.25, -0.2) is 4.98 Å². The number of amides is 5. The van der Waals surface area contributed by atoms with Crippen LogP contribution in [0.1, 0.15) is 111 Å². The van der Waals surface area contributed by atoms with E-state index < -0.39 is 29.7 Å². The van der Waals surface area contributed by atoms with Crippen molar-refractivity contribution in [3.63, 3.8) is 0 Å². The van der Waals surface area contributed by atoms with E-state index in [4.69, 9.17) is 26.1 Å². The Hall–Kier alpha value is -5.91. The van der Waals surface area contributed by atoms with Gasteiger partial charge in [-0.2, -0.15) is 4.98 Å². The van der Waals surface area contributed by atoms with Crippen LogP contribution in [0.25, 0.3) is 10.9 Å². The molecule has 0 bridgehead atoms. The van der Waals surface area contributed by atoms with Crippen LogP contribution in [0.4, 0.5) is 17.5 Å². The molecule has 5 amide bonds. The molecule has 3 saturated heterocycles. The Bertz CT molecular complexity index is 2670. The van der Waals surface area contributed by atoms with Gasteiger partial charge in [-0.05, 0) is 112 Å². The van der Waals surface area contributed by atoms with Gasteiger partial charge >= 0.3 is 0 Å². The van der Waals surface area contributed by atoms with Gasteiger partial charge in [0.25, 0.3) is 23.3 Å². The van der Waals surface area contributed by atoms with E-state index in [0.29, 0.717) is 39.6 Å². The number of carbonyl (C=O) groups is 5. The zero-order chi connectivity index (χ0) is 46.6. The monoisotopic (exact) mass is 921 g/mol. The lowest BCUT2D eigenvalue weighted by atomic mass is 9.69. The van der Waals surface area contributed by atoms with E-state index in [-0.39, 0.29) is 66.2 Å². The summed E-state index contributed by atoms with van der Waals surface area (Å²) in [5.74, 6) is -1.00.